The average molecular weight is 568 g/mol. The quantitative estimate of drug-likeness (QED) is 0.267. The first-order valence-electron chi connectivity index (χ1n) is 14.5. The Kier molecular flexibility index (Phi) is 7.75. The van der Waals surface area contributed by atoms with Gasteiger partial charge < -0.3 is 20.5 Å². The Morgan fingerprint density at radius 2 is 1.60 bits per heavy atom. The Morgan fingerprint density at radius 1 is 0.881 bits per heavy atom. The van der Waals surface area contributed by atoms with Crippen LogP contribution in [0, 0.1) is 5.82 Å². The summed E-state index contributed by atoms with van der Waals surface area (Å²) in [5.41, 5.74) is 3.60. The zero-order valence-electron chi connectivity index (χ0n) is 23.5. The van der Waals surface area contributed by atoms with Crippen molar-refractivity contribution in [2.24, 2.45) is 0 Å². The van der Waals surface area contributed by atoms with Crippen LogP contribution in [-0.2, 0) is 14.4 Å². The van der Waals surface area contributed by atoms with Crippen molar-refractivity contribution in [2.45, 2.75) is 44.7 Å². The fraction of sp³-hybridized carbons (Fsp3) is 0.303. The zero-order valence-corrected chi connectivity index (χ0v) is 23.5. The highest BCUT2D eigenvalue weighted by molar-refractivity contribution is 6.00. The van der Waals surface area contributed by atoms with Crippen molar-refractivity contribution in [3.63, 3.8) is 0 Å². The van der Waals surface area contributed by atoms with E-state index in [1.54, 1.807) is 47.4 Å². The van der Waals surface area contributed by atoms with Gasteiger partial charge in [0.25, 0.3) is 0 Å². The van der Waals surface area contributed by atoms with E-state index in [0.29, 0.717) is 46.5 Å². The summed E-state index contributed by atoms with van der Waals surface area (Å²) in [4.78, 5) is 45.8. The lowest BCUT2D eigenvalue weighted by Gasteiger charge is -2.33. The van der Waals surface area contributed by atoms with Crippen molar-refractivity contribution < 1.29 is 18.8 Å². The summed E-state index contributed by atoms with van der Waals surface area (Å²) in [5.74, 6) is -0.913. The lowest BCUT2D eigenvalue weighted by molar-refractivity contribution is -0.141. The summed E-state index contributed by atoms with van der Waals surface area (Å²) in [6.07, 6.45) is 3.45. The van der Waals surface area contributed by atoms with E-state index in [-0.39, 0.29) is 17.7 Å². The molecule has 42 heavy (non-hydrogen) atoms. The minimum Gasteiger partial charge on any atom is -0.352 e. The first kappa shape index (κ1) is 27.7. The van der Waals surface area contributed by atoms with Crippen LogP contribution in [0.4, 0.5) is 15.8 Å². The van der Waals surface area contributed by atoms with Gasteiger partial charge >= 0.3 is 0 Å². The lowest BCUT2D eigenvalue weighted by atomic mass is 10.0. The number of fused-ring (bicyclic) bond motifs is 1. The van der Waals surface area contributed by atoms with Crippen molar-refractivity contribution in [1.82, 2.24) is 14.8 Å². The maximum atomic E-state index is 15.5. The van der Waals surface area contributed by atoms with Crippen molar-refractivity contribution in [3.05, 3.63) is 84.2 Å². The van der Waals surface area contributed by atoms with Crippen LogP contribution < -0.4 is 10.6 Å². The molecule has 2 saturated heterocycles. The van der Waals surface area contributed by atoms with Gasteiger partial charge in [0.2, 0.25) is 17.7 Å². The molecule has 0 unspecified atom stereocenters. The molecule has 0 bridgehead atoms. The van der Waals surface area contributed by atoms with Gasteiger partial charge in [-0.3, -0.25) is 19.3 Å². The molecule has 0 radical (unpaired) electrons. The maximum Gasteiger partial charge on any atom is 0.247 e. The summed E-state index contributed by atoms with van der Waals surface area (Å²) in [6.45, 7) is 3.68. The number of aromatic nitrogens is 1. The third kappa shape index (κ3) is 5.52. The molecule has 2 aliphatic rings. The van der Waals surface area contributed by atoms with Gasteiger partial charge in [-0.2, -0.15) is 0 Å². The van der Waals surface area contributed by atoms with Crippen LogP contribution in [0.2, 0.25) is 0 Å². The molecule has 9 heteroatoms. The molecule has 3 aromatic carbocycles. The van der Waals surface area contributed by atoms with Gasteiger partial charge in [0.15, 0.2) is 5.82 Å². The average Bonchev–Trinajstić information content (AvgIpc) is 3.75. The number of amides is 3. The highest BCUT2D eigenvalue weighted by Gasteiger charge is 2.40. The van der Waals surface area contributed by atoms with Gasteiger partial charge in [-0.1, -0.05) is 42.5 Å². The topological polar surface area (TPSA) is 97.5 Å². The van der Waals surface area contributed by atoms with Gasteiger partial charge in [0, 0.05) is 41.3 Å². The van der Waals surface area contributed by atoms with Gasteiger partial charge in [-0.15, -0.1) is 0 Å². The molecule has 0 saturated carbocycles. The Balaban J connectivity index is 1.20. The number of likely N-dealkylation sites (tertiary alicyclic amines) is 2. The number of benzene rings is 3. The number of carbonyl (C=O) groups excluding carboxylic acids is 3. The molecule has 2 fully saturated rings. The zero-order chi connectivity index (χ0) is 29.2. The number of nitrogens with zero attached hydrogens (tertiary/aromatic N) is 2. The van der Waals surface area contributed by atoms with Crippen molar-refractivity contribution >= 4 is 40.0 Å². The third-order valence-corrected chi connectivity index (χ3v) is 8.19. The van der Waals surface area contributed by atoms with E-state index < -0.39 is 17.9 Å². The van der Waals surface area contributed by atoms with Gasteiger partial charge in [0.1, 0.15) is 12.1 Å². The van der Waals surface area contributed by atoms with Crippen LogP contribution >= 0.6 is 0 Å². The Bertz CT molecular complexity index is 1610. The normalized spacial score (nSPS) is 17.9. The third-order valence-electron chi connectivity index (χ3n) is 8.19. The van der Waals surface area contributed by atoms with Crippen LogP contribution in [0.5, 0.6) is 0 Å². The Hall–Kier alpha value is -4.50. The molecule has 3 heterocycles. The van der Waals surface area contributed by atoms with Gasteiger partial charge in [0.05, 0.1) is 5.69 Å². The van der Waals surface area contributed by atoms with Crippen LogP contribution in [-0.4, -0.2) is 58.2 Å². The molecule has 216 valence electrons. The minimum absolute atomic E-state index is 0.0398. The minimum atomic E-state index is -0.587. The number of H-pyrrole nitrogens is 1. The summed E-state index contributed by atoms with van der Waals surface area (Å²) in [5, 5.41) is 6.00. The largest absolute Gasteiger partial charge is 0.352 e. The number of anilines is 2. The first-order valence-corrected chi connectivity index (χ1v) is 14.5. The molecule has 3 N–H and O–H groups in total. The second kappa shape index (κ2) is 11.8. The molecule has 4 aromatic rings. The van der Waals surface area contributed by atoms with E-state index >= 15 is 4.39 Å². The molecule has 0 spiro atoms. The van der Waals surface area contributed by atoms with E-state index in [1.165, 1.54) is 6.92 Å². The fourth-order valence-corrected chi connectivity index (χ4v) is 6.19. The number of aromatic amines is 1. The molecule has 2 atom stereocenters. The molecule has 8 nitrogen and oxygen atoms in total. The van der Waals surface area contributed by atoms with E-state index in [2.05, 4.69) is 20.5 Å². The van der Waals surface area contributed by atoms with Crippen molar-refractivity contribution in [3.8, 4) is 11.3 Å². The predicted octanol–water partition coefficient (Wildman–Crippen LogP) is 5.70. The molecule has 3 amide bonds. The van der Waals surface area contributed by atoms with Crippen LogP contribution in [0.25, 0.3) is 22.2 Å². The number of halogens is 1. The smallest absolute Gasteiger partial charge is 0.247 e. The monoisotopic (exact) mass is 567 g/mol. The number of nitrogens with one attached hydrogen (secondary N) is 3. The predicted molar refractivity (Wildman–Crippen MR) is 161 cm³/mol. The van der Waals surface area contributed by atoms with E-state index in [9.17, 15) is 14.4 Å². The number of rotatable bonds is 7. The van der Waals surface area contributed by atoms with Crippen molar-refractivity contribution in [1.29, 1.82) is 0 Å². The Morgan fingerprint density at radius 3 is 2.31 bits per heavy atom. The molecule has 2 aliphatic heterocycles. The second-order valence-electron chi connectivity index (χ2n) is 11.1. The van der Waals surface area contributed by atoms with Gasteiger partial charge in [-0.25, -0.2) is 4.39 Å². The summed E-state index contributed by atoms with van der Waals surface area (Å²) < 4.78 is 15.5. The van der Waals surface area contributed by atoms with Crippen LogP contribution in [0.15, 0.2) is 72.8 Å². The maximum absolute atomic E-state index is 15.5. The van der Waals surface area contributed by atoms with E-state index in [1.807, 2.05) is 30.3 Å². The highest BCUT2D eigenvalue weighted by Crippen LogP contribution is 2.33. The molecular formula is C33H34FN5O3. The summed E-state index contributed by atoms with van der Waals surface area (Å²) >= 11 is 0. The number of carbonyl (C=O) groups is 3. The van der Waals surface area contributed by atoms with Crippen LogP contribution in [0.3, 0.4) is 0 Å². The lowest BCUT2D eigenvalue weighted by Crippen LogP contribution is -2.48. The molecule has 0 aliphatic carbocycles. The van der Waals surface area contributed by atoms with E-state index in [4.69, 9.17) is 0 Å². The first-order chi connectivity index (χ1) is 20.4. The second-order valence-corrected chi connectivity index (χ2v) is 11.1. The fourth-order valence-electron chi connectivity index (χ4n) is 6.19. The highest BCUT2D eigenvalue weighted by atomic mass is 19.1. The molecular weight excluding hydrogens is 533 g/mol. The van der Waals surface area contributed by atoms with E-state index in [0.717, 1.165) is 37.9 Å². The van der Waals surface area contributed by atoms with Crippen LogP contribution in [0.1, 0.15) is 44.2 Å². The summed E-state index contributed by atoms with van der Waals surface area (Å²) in [6, 6.07) is 20.8. The summed E-state index contributed by atoms with van der Waals surface area (Å²) in [7, 11) is 0. The molecule has 1 aromatic heterocycles. The SMILES string of the molecule is CC(=O)Nc1ccc(-c2[nH]c3ccc(NC(=O)[C@@H]4CCCN4C(=O)[C@H](c4ccccc4)N4CCCC4)cc3c2F)cc1. The number of hydrogen-bond acceptors (Lipinski definition) is 4. The van der Waals surface area contributed by atoms with Gasteiger partial charge in [-0.05, 0) is 74.7 Å². The van der Waals surface area contributed by atoms with Crippen molar-refractivity contribution in [2.75, 3.05) is 30.3 Å². The molecule has 6 rings (SSSR count). The number of hydrogen-bond donors (Lipinski definition) is 3. The Labute approximate surface area is 243 Å². The standard InChI is InChI=1S/C33H34FN5O3/c1-21(40)35-24-13-11-22(12-14-24)30-29(34)26-20-25(15-16-27(26)37-30)36-32(41)28-10-7-19-39(28)33(42)31(38-17-5-6-18-38)23-8-3-2-4-9-23/h2-4,8-9,11-16,20,28,31,37H,5-7,10,17-19H2,1H3,(H,35,40)(H,36,41)/t28-,31-/m0/s1.